The van der Waals surface area contributed by atoms with Crippen molar-refractivity contribution in [2.45, 2.75) is 25.4 Å². The normalized spacial score (nSPS) is 23.8. The second kappa shape index (κ2) is 5.38. The van der Waals surface area contributed by atoms with E-state index in [-0.39, 0.29) is 18.4 Å². The summed E-state index contributed by atoms with van der Waals surface area (Å²) in [5.41, 5.74) is 0.781. The number of hydrogen-bond acceptors (Lipinski definition) is 3. The van der Waals surface area contributed by atoms with Gasteiger partial charge in [0.2, 0.25) is 5.91 Å². The molecule has 2 atom stereocenters. The van der Waals surface area contributed by atoms with Crippen LogP contribution in [0.4, 0.5) is 5.69 Å². The third-order valence-electron chi connectivity index (χ3n) is 2.92. The molecule has 4 nitrogen and oxygen atoms in total. The largest absolute Gasteiger partial charge is 0.309 e. The SMILES string of the molecule is CC1CN(c2cccc(Cl)c2)C(=O)C(CC#N)N1. The van der Waals surface area contributed by atoms with Gasteiger partial charge >= 0.3 is 0 Å². The molecule has 1 N–H and O–H groups in total. The van der Waals surface area contributed by atoms with Gasteiger partial charge in [0.25, 0.3) is 0 Å². The second-order valence-corrected chi connectivity index (χ2v) is 4.85. The molecule has 94 valence electrons. The molecule has 1 aromatic carbocycles. The Morgan fingerprint density at radius 3 is 3.06 bits per heavy atom. The Balaban J connectivity index is 2.26. The summed E-state index contributed by atoms with van der Waals surface area (Å²) in [6, 6.07) is 8.96. The van der Waals surface area contributed by atoms with Crippen molar-refractivity contribution in [2.24, 2.45) is 0 Å². The summed E-state index contributed by atoms with van der Waals surface area (Å²) in [5.74, 6) is -0.0723. The Kier molecular flexibility index (Phi) is 3.85. The Hall–Kier alpha value is -1.57. The Morgan fingerprint density at radius 2 is 2.39 bits per heavy atom. The molecule has 2 unspecified atom stereocenters. The van der Waals surface area contributed by atoms with E-state index in [2.05, 4.69) is 5.32 Å². The molecular formula is C13H14ClN3O. The summed E-state index contributed by atoms with van der Waals surface area (Å²) in [4.78, 5) is 13.9. The van der Waals surface area contributed by atoms with Gasteiger partial charge < -0.3 is 10.2 Å². The fourth-order valence-corrected chi connectivity index (χ4v) is 2.32. The maximum absolute atomic E-state index is 12.2. The minimum atomic E-state index is -0.433. The van der Waals surface area contributed by atoms with Gasteiger partial charge in [0, 0.05) is 23.3 Å². The predicted molar refractivity (Wildman–Crippen MR) is 70.4 cm³/mol. The summed E-state index contributed by atoms with van der Waals surface area (Å²) in [7, 11) is 0. The van der Waals surface area contributed by atoms with Gasteiger partial charge in [-0.15, -0.1) is 0 Å². The molecular weight excluding hydrogens is 250 g/mol. The quantitative estimate of drug-likeness (QED) is 0.887. The third kappa shape index (κ3) is 2.63. The minimum absolute atomic E-state index is 0.0723. The summed E-state index contributed by atoms with van der Waals surface area (Å²) in [6.45, 7) is 2.58. The number of hydrogen-bond donors (Lipinski definition) is 1. The summed E-state index contributed by atoms with van der Waals surface area (Å²) >= 11 is 5.94. The summed E-state index contributed by atoms with van der Waals surface area (Å²) in [6.07, 6.45) is 0.181. The maximum atomic E-state index is 12.2. The smallest absolute Gasteiger partial charge is 0.245 e. The molecule has 1 heterocycles. The Bertz CT molecular complexity index is 497. The lowest BCUT2D eigenvalue weighted by Gasteiger charge is -2.36. The fraction of sp³-hybridized carbons (Fsp3) is 0.385. The Morgan fingerprint density at radius 1 is 1.61 bits per heavy atom. The average Bonchev–Trinajstić information content (AvgIpc) is 2.33. The number of anilines is 1. The number of amides is 1. The summed E-state index contributed by atoms with van der Waals surface area (Å²) < 4.78 is 0. The van der Waals surface area contributed by atoms with E-state index in [1.165, 1.54) is 0 Å². The van der Waals surface area contributed by atoms with Gasteiger partial charge in [0.15, 0.2) is 0 Å². The fourth-order valence-electron chi connectivity index (χ4n) is 2.13. The summed E-state index contributed by atoms with van der Waals surface area (Å²) in [5, 5.41) is 12.5. The van der Waals surface area contributed by atoms with E-state index >= 15 is 0 Å². The first-order valence-electron chi connectivity index (χ1n) is 5.81. The number of benzene rings is 1. The van der Waals surface area contributed by atoms with Crippen LogP contribution in [0.25, 0.3) is 0 Å². The molecule has 1 aliphatic rings. The van der Waals surface area contributed by atoms with Crippen molar-refractivity contribution in [3.8, 4) is 6.07 Å². The van der Waals surface area contributed by atoms with Crippen molar-refractivity contribution in [2.75, 3.05) is 11.4 Å². The number of carbonyl (C=O) groups excluding carboxylic acids is 1. The van der Waals surface area contributed by atoms with Crippen LogP contribution in [0.3, 0.4) is 0 Å². The molecule has 1 fully saturated rings. The zero-order valence-corrected chi connectivity index (χ0v) is 10.8. The van der Waals surface area contributed by atoms with Crippen molar-refractivity contribution in [3.63, 3.8) is 0 Å². The Labute approximate surface area is 111 Å². The number of nitrogens with zero attached hydrogens (tertiary/aromatic N) is 2. The highest BCUT2D eigenvalue weighted by atomic mass is 35.5. The molecule has 0 spiro atoms. The predicted octanol–water partition coefficient (Wildman–Crippen LogP) is 1.95. The van der Waals surface area contributed by atoms with Crippen molar-refractivity contribution in [1.29, 1.82) is 5.26 Å². The highest BCUT2D eigenvalue weighted by Crippen LogP contribution is 2.22. The van der Waals surface area contributed by atoms with Gasteiger partial charge in [-0.05, 0) is 25.1 Å². The number of nitrogens with one attached hydrogen (secondary N) is 1. The lowest BCUT2D eigenvalue weighted by molar-refractivity contribution is -0.122. The van der Waals surface area contributed by atoms with E-state index in [1.54, 1.807) is 17.0 Å². The van der Waals surface area contributed by atoms with Crippen LogP contribution in [0.5, 0.6) is 0 Å². The van der Waals surface area contributed by atoms with Gasteiger partial charge in [0.05, 0.1) is 12.5 Å². The topological polar surface area (TPSA) is 56.1 Å². The van der Waals surface area contributed by atoms with Crippen LogP contribution in [-0.2, 0) is 4.79 Å². The number of rotatable bonds is 2. The van der Waals surface area contributed by atoms with E-state index in [1.807, 2.05) is 25.1 Å². The van der Waals surface area contributed by atoms with Gasteiger partial charge in [-0.1, -0.05) is 17.7 Å². The number of carbonyl (C=O) groups is 1. The van der Waals surface area contributed by atoms with Crippen molar-refractivity contribution >= 4 is 23.2 Å². The molecule has 0 radical (unpaired) electrons. The molecule has 5 heteroatoms. The van der Waals surface area contributed by atoms with Crippen LogP contribution in [0, 0.1) is 11.3 Å². The van der Waals surface area contributed by atoms with Crippen LogP contribution in [0.2, 0.25) is 5.02 Å². The van der Waals surface area contributed by atoms with E-state index in [0.29, 0.717) is 11.6 Å². The molecule has 0 aliphatic carbocycles. The number of nitriles is 1. The molecule has 2 rings (SSSR count). The number of halogens is 1. The third-order valence-corrected chi connectivity index (χ3v) is 3.16. The van der Waals surface area contributed by atoms with Crippen molar-refractivity contribution < 1.29 is 4.79 Å². The molecule has 0 saturated carbocycles. The van der Waals surface area contributed by atoms with Crippen molar-refractivity contribution in [3.05, 3.63) is 29.3 Å². The van der Waals surface area contributed by atoms with Crippen LogP contribution >= 0.6 is 11.6 Å². The monoisotopic (exact) mass is 263 g/mol. The minimum Gasteiger partial charge on any atom is -0.309 e. The first kappa shape index (κ1) is 12.9. The van der Waals surface area contributed by atoms with Crippen LogP contribution < -0.4 is 10.2 Å². The molecule has 1 aromatic rings. The van der Waals surface area contributed by atoms with Gasteiger partial charge in [-0.2, -0.15) is 5.26 Å². The molecule has 0 bridgehead atoms. The first-order chi connectivity index (χ1) is 8.61. The lowest BCUT2D eigenvalue weighted by Crippen LogP contribution is -2.59. The van der Waals surface area contributed by atoms with E-state index < -0.39 is 6.04 Å². The van der Waals surface area contributed by atoms with E-state index in [9.17, 15) is 4.79 Å². The standard InChI is InChI=1S/C13H14ClN3O/c1-9-8-17(11-4-2-3-10(14)7-11)13(18)12(16-9)5-6-15/h2-4,7,9,12,16H,5,8H2,1H3. The van der Waals surface area contributed by atoms with Crippen molar-refractivity contribution in [1.82, 2.24) is 5.32 Å². The zero-order valence-electron chi connectivity index (χ0n) is 10.1. The maximum Gasteiger partial charge on any atom is 0.245 e. The lowest BCUT2D eigenvalue weighted by atomic mass is 10.1. The van der Waals surface area contributed by atoms with Crippen LogP contribution in [0.1, 0.15) is 13.3 Å². The van der Waals surface area contributed by atoms with Gasteiger partial charge in [-0.3, -0.25) is 4.79 Å². The molecule has 1 amide bonds. The first-order valence-corrected chi connectivity index (χ1v) is 6.19. The van der Waals surface area contributed by atoms with Gasteiger partial charge in [-0.25, -0.2) is 0 Å². The average molecular weight is 264 g/mol. The van der Waals surface area contributed by atoms with Crippen LogP contribution in [0.15, 0.2) is 24.3 Å². The van der Waals surface area contributed by atoms with Crippen LogP contribution in [-0.4, -0.2) is 24.5 Å². The van der Waals surface area contributed by atoms with E-state index in [0.717, 1.165) is 5.69 Å². The molecule has 18 heavy (non-hydrogen) atoms. The molecule has 1 aliphatic heterocycles. The molecule has 0 aromatic heterocycles. The highest BCUT2D eigenvalue weighted by molar-refractivity contribution is 6.30. The van der Waals surface area contributed by atoms with Gasteiger partial charge in [0.1, 0.15) is 6.04 Å². The molecule has 1 saturated heterocycles. The second-order valence-electron chi connectivity index (χ2n) is 4.41. The zero-order chi connectivity index (χ0) is 13.1. The van der Waals surface area contributed by atoms with E-state index in [4.69, 9.17) is 16.9 Å². The highest BCUT2D eigenvalue weighted by Gasteiger charge is 2.32. The number of piperazine rings is 1.